The Hall–Kier alpha value is -1.63. The Morgan fingerprint density at radius 2 is 1.90 bits per heavy atom. The highest BCUT2D eigenvalue weighted by molar-refractivity contribution is 5.51. The summed E-state index contributed by atoms with van der Waals surface area (Å²) in [4.78, 5) is 0. The van der Waals surface area contributed by atoms with E-state index in [-0.39, 0.29) is 12.5 Å². The van der Waals surface area contributed by atoms with E-state index in [1.807, 2.05) is 13.8 Å². The Kier molecular flexibility index (Phi) is 4.82. The highest BCUT2D eigenvalue weighted by Crippen LogP contribution is 2.38. The van der Waals surface area contributed by atoms with Crippen LogP contribution in [-0.4, -0.2) is 26.1 Å². The lowest BCUT2D eigenvalue weighted by Gasteiger charge is -2.15. The third kappa shape index (κ3) is 4.70. The molecule has 1 heterocycles. The van der Waals surface area contributed by atoms with Gasteiger partial charge in [0.2, 0.25) is 6.79 Å². The summed E-state index contributed by atoms with van der Waals surface area (Å²) >= 11 is 0. The van der Waals surface area contributed by atoms with Crippen molar-refractivity contribution in [2.75, 3.05) is 19.9 Å². The zero-order valence-electron chi connectivity index (χ0n) is 11.9. The van der Waals surface area contributed by atoms with E-state index >= 15 is 0 Å². The van der Waals surface area contributed by atoms with Crippen molar-refractivity contribution >= 4 is 0 Å². The molecular weight excluding hydrogens is 287 g/mol. The molecule has 1 aromatic rings. The molecule has 7 heteroatoms. The zero-order valence-corrected chi connectivity index (χ0v) is 11.9. The number of nitrogens with one attached hydrogen (secondary N) is 1. The second-order valence-corrected chi connectivity index (χ2v) is 5.24. The summed E-state index contributed by atoms with van der Waals surface area (Å²) in [7, 11) is 0. The van der Waals surface area contributed by atoms with Crippen molar-refractivity contribution in [2.24, 2.45) is 5.92 Å². The number of ether oxygens (including phenoxy) is 3. The Morgan fingerprint density at radius 3 is 2.52 bits per heavy atom. The number of rotatable bonds is 6. The van der Waals surface area contributed by atoms with E-state index in [1.54, 1.807) is 6.07 Å². The standard InChI is InChI=1S/C14H18F3NO3/c1-9(2)5-18-6-10-3-12-13(21-8-20-12)4-11(10)19-7-14(15,16)17/h3-4,9,18H,5-8H2,1-2H3. The maximum atomic E-state index is 12.3. The quantitative estimate of drug-likeness (QED) is 0.876. The summed E-state index contributed by atoms with van der Waals surface area (Å²) < 4.78 is 52.2. The van der Waals surface area contributed by atoms with Crippen LogP contribution in [-0.2, 0) is 6.54 Å². The molecule has 118 valence electrons. The average Bonchev–Trinajstić information content (AvgIpc) is 2.81. The molecule has 0 radical (unpaired) electrons. The van der Waals surface area contributed by atoms with Gasteiger partial charge in [-0.25, -0.2) is 0 Å². The molecule has 0 unspecified atom stereocenters. The number of benzene rings is 1. The molecule has 2 rings (SSSR count). The van der Waals surface area contributed by atoms with Gasteiger partial charge >= 0.3 is 6.18 Å². The summed E-state index contributed by atoms with van der Waals surface area (Å²) in [5, 5.41) is 3.17. The molecule has 1 aliphatic rings. The average molecular weight is 305 g/mol. The first-order valence-electron chi connectivity index (χ1n) is 6.68. The second kappa shape index (κ2) is 6.43. The van der Waals surface area contributed by atoms with E-state index in [0.29, 0.717) is 29.5 Å². The monoisotopic (exact) mass is 305 g/mol. The predicted molar refractivity (Wildman–Crippen MR) is 70.7 cm³/mol. The molecule has 0 amide bonds. The minimum atomic E-state index is -4.38. The molecule has 4 nitrogen and oxygen atoms in total. The number of fused-ring (bicyclic) bond motifs is 1. The van der Waals surface area contributed by atoms with Crippen LogP contribution in [0.4, 0.5) is 13.2 Å². The molecule has 21 heavy (non-hydrogen) atoms. The van der Waals surface area contributed by atoms with E-state index in [4.69, 9.17) is 14.2 Å². The van der Waals surface area contributed by atoms with Gasteiger partial charge in [0.15, 0.2) is 18.1 Å². The summed E-state index contributed by atoms with van der Waals surface area (Å²) in [6.45, 7) is 4.00. The number of halogens is 3. The van der Waals surface area contributed by atoms with E-state index in [0.717, 1.165) is 6.54 Å². The van der Waals surface area contributed by atoms with Gasteiger partial charge in [0.05, 0.1) is 0 Å². The van der Waals surface area contributed by atoms with Crippen LogP contribution >= 0.6 is 0 Å². The van der Waals surface area contributed by atoms with Crippen LogP contribution in [0, 0.1) is 5.92 Å². The summed E-state index contributed by atoms with van der Waals surface area (Å²) in [6, 6.07) is 3.10. The fourth-order valence-electron chi connectivity index (χ4n) is 1.89. The van der Waals surface area contributed by atoms with Gasteiger partial charge in [0, 0.05) is 18.2 Å². The number of hydrogen-bond donors (Lipinski definition) is 1. The topological polar surface area (TPSA) is 39.7 Å². The fourth-order valence-corrected chi connectivity index (χ4v) is 1.89. The third-order valence-corrected chi connectivity index (χ3v) is 2.82. The van der Waals surface area contributed by atoms with Gasteiger partial charge in [0.1, 0.15) is 5.75 Å². The van der Waals surface area contributed by atoms with Gasteiger partial charge in [-0.3, -0.25) is 0 Å². The van der Waals surface area contributed by atoms with Gasteiger partial charge in [-0.05, 0) is 18.5 Å². The van der Waals surface area contributed by atoms with Crippen molar-refractivity contribution in [1.29, 1.82) is 0 Å². The van der Waals surface area contributed by atoms with Crippen molar-refractivity contribution in [3.05, 3.63) is 17.7 Å². The number of hydrogen-bond acceptors (Lipinski definition) is 4. The highest BCUT2D eigenvalue weighted by atomic mass is 19.4. The molecule has 0 aromatic heterocycles. The van der Waals surface area contributed by atoms with Crippen LogP contribution in [0.1, 0.15) is 19.4 Å². The van der Waals surface area contributed by atoms with E-state index in [2.05, 4.69) is 5.32 Å². The minimum Gasteiger partial charge on any atom is -0.484 e. The van der Waals surface area contributed by atoms with Crippen LogP contribution in [0.5, 0.6) is 17.2 Å². The highest BCUT2D eigenvalue weighted by Gasteiger charge is 2.29. The van der Waals surface area contributed by atoms with Crippen molar-refractivity contribution in [3.8, 4) is 17.2 Å². The molecule has 1 aliphatic heterocycles. The van der Waals surface area contributed by atoms with Gasteiger partial charge in [0.25, 0.3) is 0 Å². The molecule has 0 bridgehead atoms. The Bertz CT molecular complexity index is 489. The summed E-state index contributed by atoms with van der Waals surface area (Å²) in [5.41, 5.74) is 0.615. The smallest absolute Gasteiger partial charge is 0.422 e. The molecular formula is C14H18F3NO3. The predicted octanol–water partition coefficient (Wildman–Crippen LogP) is 3.10. The van der Waals surface area contributed by atoms with Crippen LogP contribution in [0.25, 0.3) is 0 Å². The van der Waals surface area contributed by atoms with Crippen molar-refractivity contribution in [3.63, 3.8) is 0 Å². The lowest BCUT2D eigenvalue weighted by Crippen LogP contribution is -2.22. The lowest BCUT2D eigenvalue weighted by molar-refractivity contribution is -0.153. The molecule has 1 aromatic carbocycles. The Labute approximate surface area is 121 Å². The van der Waals surface area contributed by atoms with Gasteiger partial charge in [-0.2, -0.15) is 13.2 Å². The number of alkyl halides is 3. The van der Waals surface area contributed by atoms with E-state index in [1.165, 1.54) is 6.07 Å². The van der Waals surface area contributed by atoms with Crippen LogP contribution in [0.2, 0.25) is 0 Å². The first-order chi connectivity index (χ1) is 9.85. The van der Waals surface area contributed by atoms with Gasteiger partial charge in [-0.15, -0.1) is 0 Å². The summed E-state index contributed by atoms with van der Waals surface area (Å²) in [5.74, 6) is 1.53. The lowest BCUT2D eigenvalue weighted by atomic mass is 10.1. The van der Waals surface area contributed by atoms with Crippen LogP contribution < -0.4 is 19.5 Å². The zero-order chi connectivity index (χ0) is 15.5. The second-order valence-electron chi connectivity index (χ2n) is 5.24. The fraction of sp³-hybridized carbons (Fsp3) is 0.571. The van der Waals surface area contributed by atoms with Crippen LogP contribution in [0.3, 0.4) is 0 Å². The minimum absolute atomic E-state index is 0.0664. The maximum absolute atomic E-state index is 12.3. The van der Waals surface area contributed by atoms with Crippen LogP contribution in [0.15, 0.2) is 12.1 Å². The normalized spacial score (nSPS) is 13.8. The van der Waals surface area contributed by atoms with Gasteiger partial charge < -0.3 is 19.5 Å². The molecule has 0 atom stereocenters. The van der Waals surface area contributed by atoms with Gasteiger partial charge in [-0.1, -0.05) is 13.8 Å². The molecule has 0 saturated heterocycles. The van der Waals surface area contributed by atoms with Crippen molar-refractivity contribution < 1.29 is 27.4 Å². The molecule has 0 saturated carbocycles. The molecule has 0 aliphatic carbocycles. The third-order valence-electron chi connectivity index (χ3n) is 2.82. The maximum Gasteiger partial charge on any atom is 0.422 e. The Balaban J connectivity index is 2.11. The Morgan fingerprint density at radius 1 is 1.24 bits per heavy atom. The largest absolute Gasteiger partial charge is 0.484 e. The molecule has 0 fully saturated rings. The van der Waals surface area contributed by atoms with Crippen molar-refractivity contribution in [2.45, 2.75) is 26.6 Å². The van der Waals surface area contributed by atoms with E-state index < -0.39 is 12.8 Å². The molecule has 0 spiro atoms. The summed E-state index contributed by atoms with van der Waals surface area (Å²) in [6.07, 6.45) is -4.38. The first-order valence-corrected chi connectivity index (χ1v) is 6.68. The first kappa shape index (κ1) is 15.8. The SMILES string of the molecule is CC(C)CNCc1cc2c(cc1OCC(F)(F)F)OCO2. The molecule has 1 N–H and O–H groups in total. The van der Waals surface area contributed by atoms with E-state index in [9.17, 15) is 13.2 Å². The van der Waals surface area contributed by atoms with Crippen molar-refractivity contribution in [1.82, 2.24) is 5.32 Å².